The maximum Gasteiger partial charge on any atom is 0.647 e. The molecule has 0 saturated carbocycles. The van der Waals surface area contributed by atoms with Gasteiger partial charge in [0.25, 0.3) is 5.56 Å². The van der Waals surface area contributed by atoms with Crippen molar-refractivity contribution in [1.29, 1.82) is 0 Å². The minimum atomic E-state index is -5.72. The highest BCUT2D eigenvalue weighted by molar-refractivity contribution is 7.65. The number of alkyl halides is 1. The maximum absolute atomic E-state index is 15.0. The van der Waals surface area contributed by atoms with Gasteiger partial charge < -0.3 is 14.7 Å². The predicted molar refractivity (Wildman–Crippen MR) is 94.6 cm³/mol. The topological polar surface area (TPSA) is 248 Å². The third-order valence-corrected chi connectivity index (χ3v) is 7.47. The monoisotopic (exact) mass is 511 g/mol. The fraction of sp³-hybridized carbons (Fsp3) is 0.455. The van der Waals surface area contributed by atoms with Crippen LogP contribution < -0.4 is 11.2 Å². The number of phosphoric acid groups is 1. The Labute approximate surface area is 170 Å². The second-order valence-corrected chi connectivity index (χ2v) is 10.6. The molecule has 1 fully saturated rings. The van der Waals surface area contributed by atoms with Crippen LogP contribution in [0.15, 0.2) is 21.9 Å². The van der Waals surface area contributed by atoms with Gasteiger partial charge in [0, 0.05) is 12.3 Å². The number of phosphoric ester groups is 1. The van der Waals surface area contributed by atoms with Crippen LogP contribution in [0.1, 0.15) is 12.6 Å². The van der Waals surface area contributed by atoms with Gasteiger partial charge in [-0.1, -0.05) is 5.92 Å². The molecule has 2 unspecified atom stereocenters. The number of hydrogen-bond acceptors (Lipinski definition) is 9. The van der Waals surface area contributed by atoms with Crippen molar-refractivity contribution in [2.45, 2.75) is 24.1 Å². The average Bonchev–Trinajstić information content (AvgIpc) is 2.82. The summed E-state index contributed by atoms with van der Waals surface area (Å²) in [7, 11) is -16.9. The third kappa shape index (κ3) is 6.74. The van der Waals surface area contributed by atoms with Gasteiger partial charge in [-0.3, -0.25) is 37.9 Å². The van der Waals surface area contributed by atoms with Gasteiger partial charge in [0.1, 0.15) is 6.61 Å². The normalized spacial score (nSPS) is 30.3. The highest BCUT2D eigenvalue weighted by Gasteiger charge is 2.58. The minimum Gasteiger partial charge on any atom is -0.373 e. The molecule has 7 N–H and O–H groups in total. The molecule has 16 nitrogen and oxygen atoms in total. The summed E-state index contributed by atoms with van der Waals surface area (Å²) in [6, 6.07) is 0.829. The highest BCUT2D eigenvalue weighted by atomic mass is 31.3. The number of aromatic amines is 1. The highest BCUT2D eigenvalue weighted by Crippen LogP contribution is 2.64. The van der Waals surface area contributed by atoms with Crippen molar-refractivity contribution in [2.24, 2.45) is 0 Å². The van der Waals surface area contributed by atoms with Gasteiger partial charge in [-0.05, 0) is 0 Å². The number of aliphatic hydroxyl groups is 1. The maximum atomic E-state index is 15.0. The summed E-state index contributed by atoms with van der Waals surface area (Å²) >= 11 is 0. The van der Waals surface area contributed by atoms with E-state index in [2.05, 4.69) is 8.83 Å². The molecule has 0 aromatic carbocycles. The van der Waals surface area contributed by atoms with Crippen molar-refractivity contribution in [3.63, 3.8) is 0 Å². The van der Waals surface area contributed by atoms with E-state index in [0.29, 0.717) is 4.57 Å². The van der Waals surface area contributed by atoms with Gasteiger partial charge in [-0.25, -0.2) is 13.8 Å². The Hall–Kier alpha value is -1.50. The van der Waals surface area contributed by atoms with Crippen LogP contribution >= 0.6 is 23.5 Å². The molecular formula is C11H15FN2O14P3+. The van der Waals surface area contributed by atoms with Crippen molar-refractivity contribution in [1.82, 2.24) is 9.55 Å². The number of hydrogen-bond donors (Lipinski definition) is 6. The van der Waals surface area contributed by atoms with E-state index in [-0.39, 0.29) is 0 Å². The van der Waals surface area contributed by atoms with Gasteiger partial charge in [-0.15, -0.1) is 10.7 Å². The van der Waals surface area contributed by atoms with E-state index < -0.39 is 65.4 Å². The Kier molecular flexibility index (Phi) is 7.02. The molecule has 1 aliphatic heterocycles. The van der Waals surface area contributed by atoms with Crippen LogP contribution in [0.4, 0.5) is 4.39 Å². The molecule has 20 heteroatoms. The molecule has 0 spiro atoms. The van der Waals surface area contributed by atoms with Crippen LogP contribution in [-0.2, 0) is 27.3 Å². The fourth-order valence-electron chi connectivity index (χ4n) is 2.43. The van der Waals surface area contributed by atoms with Crippen LogP contribution in [0.25, 0.3) is 0 Å². The van der Waals surface area contributed by atoms with Crippen molar-refractivity contribution in [2.75, 3.05) is 6.61 Å². The van der Waals surface area contributed by atoms with E-state index in [0.717, 1.165) is 12.3 Å². The number of rotatable bonds is 8. The molecule has 5 atom stereocenters. The van der Waals surface area contributed by atoms with E-state index in [9.17, 15) is 33.3 Å². The van der Waals surface area contributed by atoms with Gasteiger partial charge in [0.05, 0.1) is 6.42 Å². The summed E-state index contributed by atoms with van der Waals surface area (Å²) in [5.74, 6) is -1.40. The summed E-state index contributed by atoms with van der Waals surface area (Å²) in [5, 5.41) is 10.4. The van der Waals surface area contributed by atoms with Crippen LogP contribution in [0, 0.1) is 12.3 Å². The minimum absolute atomic E-state index is 0.526. The average molecular weight is 511 g/mol. The second kappa shape index (κ2) is 8.45. The second-order valence-electron chi connectivity index (χ2n) is 6.03. The van der Waals surface area contributed by atoms with Crippen LogP contribution in [0.5, 0.6) is 0 Å². The zero-order chi connectivity index (χ0) is 23.9. The zero-order valence-electron chi connectivity index (χ0n) is 14.8. The molecule has 31 heavy (non-hydrogen) atoms. The zero-order valence-corrected chi connectivity index (χ0v) is 17.5. The van der Waals surface area contributed by atoms with Gasteiger partial charge in [-0.2, -0.15) is 9.13 Å². The smallest absolute Gasteiger partial charge is 0.373 e. The molecule has 0 bridgehead atoms. The Bertz CT molecular complexity index is 1150. The third-order valence-electron chi connectivity index (χ3n) is 3.50. The van der Waals surface area contributed by atoms with Crippen molar-refractivity contribution < 1.29 is 60.6 Å². The first kappa shape index (κ1) is 25.8. The van der Waals surface area contributed by atoms with E-state index in [4.69, 9.17) is 25.8 Å². The lowest BCUT2D eigenvalue weighted by atomic mass is 9.98. The molecule has 0 radical (unpaired) electrons. The lowest BCUT2D eigenvalue weighted by Gasteiger charge is -2.23. The number of nitrogens with one attached hydrogen (secondary N) is 1. The number of nitrogens with zero attached hydrogens (tertiary/aromatic N) is 1. The number of aromatic nitrogens is 2. The lowest BCUT2D eigenvalue weighted by Crippen LogP contribution is -2.41. The Morgan fingerprint density at radius 3 is 2.48 bits per heavy atom. The first-order valence-electron chi connectivity index (χ1n) is 7.59. The quantitative estimate of drug-likeness (QED) is 0.130. The summed E-state index contributed by atoms with van der Waals surface area (Å²) < 4.78 is 63.9. The summed E-state index contributed by atoms with van der Waals surface area (Å²) in [6.07, 6.45) is 2.90. The first-order valence-corrected chi connectivity index (χ1v) is 12.2. The fourth-order valence-corrected chi connectivity index (χ4v) is 5.66. The molecule has 0 aliphatic carbocycles. The van der Waals surface area contributed by atoms with E-state index in [1.54, 1.807) is 10.9 Å². The molecule has 1 aromatic rings. The number of halogens is 1. The van der Waals surface area contributed by atoms with Crippen molar-refractivity contribution in [3.8, 4) is 12.3 Å². The Morgan fingerprint density at radius 2 is 1.97 bits per heavy atom. The molecule has 174 valence electrons. The first-order chi connectivity index (χ1) is 13.9. The predicted octanol–water partition coefficient (Wildman–Crippen LogP) is -1.66. The molecule has 0 amide bonds. The number of H-pyrrole nitrogens is 1. The van der Waals surface area contributed by atoms with E-state index >= 15 is 4.39 Å². The van der Waals surface area contributed by atoms with E-state index in [1.165, 1.54) is 0 Å². The Balaban J connectivity index is 2.20. The van der Waals surface area contributed by atoms with Gasteiger partial charge >= 0.3 is 29.2 Å². The lowest BCUT2D eigenvalue weighted by molar-refractivity contribution is -0.181. The van der Waals surface area contributed by atoms with Crippen LogP contribution in [0.2, 0.25) is 0 Å². The molecule has 1 saturated heterocycles. The molecule has 2 rings (SSSR count). The van der Waals surface area contributed by atoms with Gasteiger partial charge in [0.2, 0.25) is 5.85 Å². The molecular weight excluding hydrogens is 496 g/mol. The van der Waals surface area contributed by atoms with Crippen LogP contribution in [-0.4, -0.2) is 56.6 Å². The summed E-state index contributed by atoms with van der Waals surface area (Å²) in [4.78, 5) is 60.4. The molecule has 1 aromatic heterocycles. The molecule has 2 heterocycles. The van der Waals surface area contributed by atoms with Crippen molar-refractivity contribution >= 4 is 23.5 Å². The van der Waals surface area contributed by atoms with Crippen LogP contribution in [0.3, 0.4) is 0 Å². The van der Waals surface area contributed by atoms with E-state index in [1.807, 2.05) is 4.31 Å². The molecule has 1 aliphatic rings. The standard InChI is InChI=1S/C11H14FN2O14P3/c1-2-10(17)5-11(12,26-8(10)14-4-3-7(15)13-9(14)16)6-25-30(21,22)28-31(23,24)27-29(18,19)20/h1,3-4,8,17H,5-6H2,(H,21,22)(H,23,24)(H,13,15,16)(H2,18,19,20)/p+1/t8-,10-,11+/m1/s1. The number of ether oxygens (including phenoxy) is 1. The summed E-state index contributed by atoms with van der Waals surface area (Å²) in [6.45, 7) is -1.57. The van der Waals surface area contributed by atoms with Gasteiger partial charge in [0.15, 0.2) is 11.8 Å². The number of terminal acetylenes is 1. The largest absolute Gasteiger partial charge is 0.647 e. The Morgan fingerprint density at radius 1 is 1.35 bits per heavy atom. The SMILES string of the molecule is C#C[C@@]1(O)C[C@@](F)(COP(=O)(O)OP(=O)(O)[OH+]P(=O)(O)O)O[C@H]1n1ccc(=O)[nH]c1=O. The summed E-state index contributed by atoms with van der Waals surface area (Å²) in [5.41, 5.74) is -4.50. The van der Waals surface area contributed by atoms with Crippen molar-refractivity contribution in [3.05, 3.63) is 33.1 Å².